The average Bonchev–Trinajstić information content (AvgIpc) is 3.20. The summed E-state index contributed by atoms with van der Waals surface area (Å²) in [5.74, 6) is 2.11. The molecule has 0 amide bonds. The molecule has 0 atom stereocenters. The average molecular weight is 304 g/mol. The van der Waals surface area contributed by atoms with E-state index in [-0.39, 0.29) is 0 Å². The molecule has 2 heterocycles. The summed E-state index contributed by atoms with van der Waals surface area (Å²) in [6.45, 7) is 4.19. The second-order valence-electron chi connectivity index (χ2n) is 5.79. The highest BCUT2D eigenvalue weighted by Crippen LogP contribution is 2.10. The lowest BCUT2D eigenvalue weighted by Gasteiger charge is -2.01. The van der Waals surface area contributed by atoms with Crippen LogP contribution in [0.4, 0.5) is 0 Å². The summed E-state index contributed by atoms with van der Waals surface area (Å²) in [5.41, 5.74) is 0. The zero-order valence-electron chi connectivity index (χ0n) is 14.3. The highest BCUT2D eigenvalue weighted by molar-refractivity contribution is 4.86. The predicted octanol–water partition coefficient (Wildman–Crippen LogP) is 5.20. The van der Waals surface area contributed by atoms with Crippen LogP contribution in [0.3, 0.4) is 0 Å². The van der Waals surface area contributed by atoms with Crippen LogP contribution in [0.25, 0.3) is 0 Å². The van der Waals surface area contributed by atoms with E-state index >= 15 is 0 Å². The fraction of sp³-hybridized carbons (Fsp3) is 0.667. The van der Waals surface area contributed by atoms with Crippen LogP contribution in [0.5, 0.6) is 0 Å². The number of rotatable bonds is 10. The minimum Gasteiger partial charge on any atom is -0.349 e. The molecule has 0 unspecified atom stereocenters. The highest BCUT2D eigenvalue weighted by Gasteiger charge is 1.95. The van der Waals surface area contributed by atoms with Crippen molar-refractivity contribution in [2.24, 2.45) is 0 Å². The largest absolute Gasteiger partial charge is 0.349 e. The van der Waals surface area contributed by atoms with Gasteiger partial charge in [0.25, 0.3) is 0 Å². The number of nitrogens with one attached hydrogen (secondary N) is 2. The molecule has 0 aliphatic heterocycles. The molecular weight excluding hydrogens is 272 g/mol. The molecule has 0 radical (unpaired) electrons. The fourth-order valence-electron chi connectivity index (χ4n) is 2.38. The molecular formula is C18H32N4. The molecule has 124 valence electrons. The molecule has 0 spiro atoms. The van der Waals surface area contributed by atoms with Gasteiger partial charge in [-0.05, 0) is 13.3 Å². The smallest absolute Gasteiger partial charge is 0.105 e. The highest BCUT2D eigenvalue weighted by atomic mass is 14.9. The molecule has 0 fully saturated rings. The first-order valence-electron chi connectivity index (χ1n) is 8.77. The number of hydrogen-bond donors (Lipinski definition) is 2. The van der Waals surface area contributed by atoms with Gasteiger partial charge < -0.3 is 9.97 Å². The molecule has 0 saturated carbocycles. The summed E-state index contributed by atoms with van der Waals surface area (Å²) < 4.78 is 0. The van der Waals surface area contributed by atoms with Gasteiger partial charge in [-0.15, -0.1) is 0 Å². The Bertz CT molecular complexity index is 420. The third kappa shape index (κ3) is 10.2. The monoisotopic (exact) mass is 304 g/mol. The van der Waals surface area contributed by atoms with Crippen LogP contribution in [0.15, 0.2) is 24.8 Å². The van der Waals surface area contributed by atoms with Gasteiger partial charge in [-0.25, -0.2) is 9.97 Å². The van der Waals surface area contributed by atoms with E-state index in [4.69, 9.17) is 0 Å². The Morgan fingerprint density at radius 1 is 0.773 bits per heavy atom. The fourth-order valence-corrected chi connectivity index (χ4v) is 2.38. The van der Waals surface area contributed by atoms with Crippen molar-refractivity contribution in [3.63, 3.8) is 0 Å². The maximum absolute atomic E-state index is 4.23. The molecule has 0 aromatic carbocycles. The Labute approximate surface area is 135 Å². The normalized spacial score (nSPS) is 10.3. The molecule has 2 rings (SSSR count). The molecule has 4 nitrogen and oxygen atoms in total. The Hall–Kier alpha value is -1.58. The van der Waals surface area contributed by atoms with Gasteiger partial charge in [0, 0.05) is 31.2 Å². The van der Waals surface area contributed by atoms with Crippen molar-refractivity contribution in [2.75, 3.05) is 0 Å². The summed E-state index contributed by atoms with van der Waals surface area (Å²) in [4.78, 5) is 14.1. The van der Waals surface area contributed by atoms with E-state index in [9.17, 15) is 0 Å². The van der Waals surface area contributed by atoms with Crippen LogP contribution < -0.4 is 0 Å². The van der Waals surface area contributed by atoms with E-state index in [0.717, 1.165) is 18.1 Å². The van der Waals surface area contributed by atoms with E-state index in [0.29, 0.717) is 0 Å². The van der Waals surface area contributed by atoms with Gasteiger partial charge in [0.05, 0.1) is 0 Å². The maximum Gasteiger partial charge on any atom is 0.105 e. The summed E-state index contributed by atoms with van der Waals surface area (Å²) in [7, 11) is 0. The van der Waals surface area contributed by atoms with Gasteiger partial charge >= 0.3 is 0 Å². The Morgan fingerprint density at radius 3 is 1.82 bits per heavy atom. The van der Waals surface area contributed by atoms with Gasteiger partial charge in [-0.2, -0.15) is 0 Å². The topological polar surface area (TPSA) is 57.4 Å². The molecule has 2 aromatic heterocycles. The quantitative estimate of drug-likeness (QED) is 0.593. The van der Waals surface area contributed by atoms with Crippen molar-refractivity contribution in [3.05, 3.63) is 36.4 Å². The number of nitrogens with zero attached hydrogens (tertiary/aromatic N) is 2. The Morgan fingerprint density at radius 2 is 1.36 bits per heavy atom. The van der Waals surface area contributed by atoms with Crippen molar-refractivity contribution >= 4 is 0 Å². The van der Waals surface area contributed by atoms with Crippen molar-refractivity contribution < 1.29 is 0 Å². The molecule has 0 aliphatic carbocycles. The third-order valence-electron chi connectivity index (χ3n) is 3.71. The maximum atomic E-state index is 4.23. The van der Waals surface area contributed by atoms with Crippen LogP contribution in [0.1, 0.15) is 76.4 Å². The van der Waals surface area contributed by atoms with E-state index in [1.165, 1.54) is 57.8 Å². The molecule has 2 N–H and O–H groups in total. The van der Waals surface area contributed by atoms with Gasteiger partial charge in [0.15, 0.2) is 0 Å². The first kappa shape index (κ1) is 18.5. The molecule has 4 heteroatoms. The van der Waals surface area contributed by atoms with Crippen molar-refractivity contribution in [2.45, 2.75) is 78.1 Å². The van der Waals surface area contributed by atoms with E-state index in [2.05, 4.69) is 26.9 Å². The van der Waals surface area contributed by atoms with Crippen LogP contribution in [0, 0.1) is 6.92 Å². The van der Waals surface area contributed by atoms with Crippen molar-refractivity contribution in [1.82, 2.24) is 19.9 Å². The van der Waals surface area contributed by atoms with Gasteiger partial charge in [0.1, 0.15) is 11.6 Å². The summed E-state index contributed by atoms with van der Waals surface area (Å²) in [6, 6.07) is 0. The minimum atomic E-state index is 0.968. The molecule has 0 bridgehead atoms. The lowest BCUT2D eigenvalue weighted by Crippen LogP contribution is -1.88. The number of aryl methyl sites for hydroxylation is 2. The number of hydrogen-bond acceptors (Lipinski definition) is 2. The van der Waals surface area contributed by atoms with Crippen molar-refractivity contribution in [1.29, 1.82) is 0 Å². The second-order valence-corrected chi connectivity index (χ2v) is 5.79. The van der Waals surface area contributed by atoms with Gasteiger partial charge in [-0.3, -0.25) is 0 Å². The predicted molar refractivity (Wildman–Crippen MR) is 92.8 cm³/mol. The number of imidazole rings is 2. The Balaban J connectivity index is 0.000000335. The summed E-state index contributed by atoms with van der Waals surface area (Å²) in [5, 5.41) is 0. The Kier molecular flexibility index (Phi) is 11.0. The lowest BCUT2D eigenvalue weighted by molar-refractivity contribution is 0.562. The zero-order valence-corrected chi connectivity index (χ0v) is 14.3. The molecule has 0 aliphatic rings. The van der Waals surface area contributed by atoms with Crippen LogP contribution in [-0.4, -0.2) is 19.9 Å². The first-order chi connectivity index (χ1) is 10.8. The third-order valence-corrected chi connectivity index (χ3v) is 3.71. The van der Waals surface area contributed by atoms with E-state index in [1.54, 1.807) is 12.4 Å². The number of aromatic nitrogens is 4. The number of aromatic amines is 2. The molecule has 22 heavy (non-hydrogen) atoms. The molecule has 2 aromatic rings. The van der Waals surface area contributed by atoms with Crippen molar-refractivity contribution in [3.8, 4) is 0 Å². The summed E-state index contributed by atoms with van der Waals surface area (Å²) >= 11 is 0. The van der Waals surface area contributed by atoms with Crippen LogP contribution in [0.2, 0.25) is 0 Å². The second kappa shape index (κ2) is 13.1. The first-order valence-corrected chi connectivity index (χ1v) is 8.77. The van der Waals surface area contributed by atoms with E-state index in [1.807, 2.05) is 19.3 Å². The SMILES string of the molecule is CCCCCCCCCCCc1ncc[nH]1.Cc1ncc[nH]1. The van der Waals surface area contributed by atoms with Crippen LogP contribution >= 0.6 is 0 Å². The zero-order chi connectivity index (χ0) is 15.9. The summed E-state index contributed by atoms with van der Waals surface area (Å²) in [6.07, 6.45) is 20.9. The van der Waals surface area contributed by atoms with E-state index < -0.39 is 0 Å². The molecule has 0 saturated heterocycles. The number of unbranched alkanes of at least 4 members (excludes halogenated alkanes) is 8. The standard InChI is InChI=1S/C14H26N2.C4H6N2/c1-2-3-4-5-6-7-8-9-10-11-14-15-12-13-16-14;1-4-5-2-3-6-4/h12-13H,2-11H2,1H3,(H,15,16);2-3H,1H3,(H,5,6). The minimum absolute atomic E-state index is 0.968. The lowest BCUT2D eigenvalue weighted by atomic mass is 10.1. The van der Waals surface area contributed by atoms with Gasteiger partial charge in [0.2, 0.25) is 0 Å². The van der Waals surface area contributed by atoms with Crippen LogP contribution in [-0.2, 0) is 6.42 Å². The van der Waals surface area contributed by atoms with Gasteiger partial charge in [-0.1, -0.05) is 58.3 Å². The number of H-pyrrole nitrogens is 2.